The number of benzene rings is 1. The lowest BCUT2D eigenvalue weighted by atomic mass is 10.0. The standard InChI is InChI=1S/C22H29N3O6S/c1-16(26)25-19-5-4-18(32(28,29)24-8-2-3-9-24)14-17(19)15-20(25)21(27)23-10-6-22(7-11-23)30-12-13-31-22/h4-5,14,20H,2-3,6-13,15H2,1H3. The third kappa shape index (κ3) is 3.63. The van der Waals surface area contributed by atoms with Crippen LogP contribution in [-0.2, 0) is 35.5 Å². The second kappa shape index (κ2) is 8.09. The third-order valence-corrected chi connectivity index (χ3v) is 8.91. The van der Waals surface area contributed by atoms with Gasteiger partial charge in [0.1, 0.15) is 6.04 Å². The monoisotopic (exact) mass is 463 g/mol. The van der Waals surface area contributed by atoms with Gasteiger partial charge in [-0.1, -0.05) is 0 Å². The molecule has 174 valence electrons. The third-order valence-electron chi connectivity index (χ3n) is 7.01. The van der Waals surface area contributed by atoms with Crippen molar-refractivity contribution >= 4 is 27.5 Å². The van der Waals surface area contributed by atoms with Crippen LogP contribution in [0.4, 0.5) is 5.69 Å². The smallest absolute Gasteiger partial charge is 0.246 e. The predicted molar refractivity (Wildman–Crippen MR) is 116 cm³/mol. The number of amides is 2. The highest BCUT2D eigenvalue weighted by atomic mass is 32.2. The van der Waals surface area contributed by atoms with Crippen molar-refractivity contribution in [1.29, 1.82) is 0 Å². The quantitative estimate of drug-likeness (QED) is 0.667. The molecule has 0 aromatic heterocycles. The molecule has 3 saturated heterocycles. The molecular formula is C22H29N3O6S. The molecule has 0 radical (unpaired) electrons. The van der Waals surface area contributed by atoms with Crippen LogP contribution in [0.15, 0.2) is 23.1 Å². The van der Waals surface area contributed by atoms with Gasteiger partial charge in [-0.2, -0.15) is 4.31 Å². The Morgan fingerprint density at radius 3 is 2.31 bits per heavy atom. The van der Waals surface area contributed by atoms with Gasteiger partial charge in [0.25, 0.3) is 0 Å². The Morgan fingerprint density at radius 2 is 1.69 bits per heavy atom. The number of rotatable bonds is 3. The molecule has 1 unspecified atom stereocenters. The minimum absolute atomic E-state index is 0.117. The molecule has 0 saturated carbocycles. The Labute approximate surface area is 188 Å². The van der Waals surface area contributed by atoms with Crippen molar-refractivity contribution in [2.24, 2.45) is 0 Å². The summed E-state index contributed by atoms with van der Waals surface area (Å²) in [6.07, 6.45) is 3.26. The number of carbonyl (C=O) groups excluding carboxylic acids is 2. The summed E-state index contributed by atoms with van der Waals surface area (Å²) in [5.41, 5.74) is 1.34. The fourth-order valence-electron chi connectivity index (χ4n) is 5.32. The average Bonchev–Trinajstić information content (AvgIpc) is 3.53. The highest BCUT2D eigenvalue weighted by molar-refractivity contribution is 7.89. The number of anilines is 1. The van der Waals surface area contributed by atoms with Crippen LogP contribution in [-0.4, -0.2) is 80.7 Å². The molecule has 1 aromatic rings. The van der Waals surface area contributed by atoms with Gasteiger partial charge in [0.05, 0.1) is 18.1 Å². The molecule has 0 N–H and O–H groups in total. The highest BCUT2D eigenvalue weighted by Gasteiger charge is 2.45. The van der Waals surface area contributed by atoms with E-state index in [1.807, 2.05) is 0 Å². The summed E-state index contributed by atoms with van der Waals surface area (Å²) < 4.78 is 39.0. The van der Waals surface area contributed by atoms with Crippen LogP contribution in [0.1, 0.15) is 38.2 Å². The van der Waals surface area contributed by atoms with Crippen molar-refractivity contribution in [3.63, 3.8) is 0 Å². The number of sulfonamides is 1. The Balaban J connectivity index is 1.36. The molecule has 2 amide bonds. The Kier molecular flexibility index (Phi) is 5.51. The fourth-order valence-corrected chi connectivity index (χ4v) is 6.89. The number of hydrogen-bond acceptors (Lipinski definition) is 6. The van der Waals surface area contributed by atoms with Gasteiger partial charge >= 0.3 is 0 Å². The first kappa shape index (κ1) is 21.8. The highest BCUT2D eigenvalue weighted by Crippen LogP contribution is 2.37. The molecule has 1 aromatic carbocycles. The second-order valence-electron chi connectivity index (χ2n) is 8.94. The maximum atomic E-state index is 13.4. The first-order valence-corrected chi connectivity index (χ1v) is 12.7. The zero-order valence-corrected chi connectivity index (χ0v) is 19.1. The molecule has 0 aliphatic carbocycles. The summed E-state index contributed by atoms with van der Waals surface area (Å²) in [4.78, 5) is 29.4. The first-order valence-electron chi connectivity index (χ1n) is 11.3. The Hall–Kier alpha value is -2.01. The van der Waals surface area contributed by atoms with Crippen molar-refractivity contribution in [2.45, 2.75) is 55.8 Å². The zero-order valence-electron chi connectivity index (χ0n) is 18.3. The molecule has 4 aliphatic heterocycles. The van der Waals surface area contributed by atoms with E-state index in [0.29, 0.717) is 64.3 Å². The molecular weight excluding hydrogens is 434 g/mol. The van der Waals surface area contributed by atoms with Crippen LogP contribution in [0.5, 0.6) is 0 Å². The predicted octanol–water partition coefficient (Wildman–Crippen LogP) is 1.11. The van der Waals surface area contributed by atoms with Gasteiger partial charge in [0, 0.05) is 58.1 Å². The van der Waals surface area contributed by atoms with E-state index in [1.165, 1.54) is 16.1 Å². The van der Waals surface area contributed by atoms with Crippen molar-refractivity contribution in [1.82, 2.24) is 9.21 Å². The molecule has 9 nitrogen and oxygen atoms in total. The number of carbonyl (C=O) groups is 2. The molecule has 5 rings (SSSR count). The lowest BCUT2D eigenvalue weighted by Gasteiger charge is -2.39. The second-order valence-corrected chi connectivity index (χ2v) is 10.9. The van der Waals surface area contributed by atoms with Gasteiger partial charge < -0.3 is 14.4 Å². The van der Waals surface area contributed by atoms with E-state index in [2.05, 4.69) is 0 Å². The molecule has 10 heteroatoms. The van der Waals surface area contributed by atoms with E-state index in [1.54, 1.807) is 23.1 Å². The van der Waals surface area contributed by atoms with E-state index in [0.717, 1.165) is 18.4 Å². The van der Waals surface area contributed by atoms with Gasteiger partial charge in [0.15, 0.2) is 5.79 Å². The van der Waals surface area contributed by atoms with Crippen molar-refractivity contribution in [2.75, 3.05) is 44.3 Å². The summed E-state index contributed by atoms with van der Waals surface area (Å²) in [6.45, 7) is 4.67. The molecule has 32 heavy (non-hydrogen) atoms. The average molecular weight is 464 g/mol. The minimum atomic E-state index is -3.56. The molecule has 0 bridgehead atoms. The molecule has 3 fully saturated rings. The lowest BCUT2D eigenvalue weighted by molar-refractivity contribution is -0.187. The number of hydrogen-bond donors (Lipinski definition) is 0. The molecule has 1 spiro atoms. The van der Waals surface area contributed by atoms with E-state index in [9.17, 15) is 18.0 Å². The topological polar surface area (TPSA) is 96.5 Å². The first-order chi connectivity index (χ1) is 15.3. The number of piperidine rings is 1. The van der Waals surface area contributed by atoms with E-state index < -0.39 is 21.9 Å². The van der Waals surface area contributed by atoms with Crippen molar-refractivity contribution in [3.8, 4) is 0 Å². The van der Waals surface area contributed by atoms with Gasteiger partial charge in [-0.05, 0) is 36.6 Å². The fraction of sp³-hybridized carbons (Fsp3) is 0.636. The van der Waals surface area contributed by atoms with Crippen LogP contribution in [0.25, 0.3) is 0 Å². The van der Waals surface area contributed by atoms with Gasteiger partial charge in [-0.3, -0.25) is 14.5 Å². The van der Waals surface area contributed by atoms with Crippen LogP contribution >= 0.6 is 0 Å². The number of fused-ring (bicyclic) bond motifs is 1. The normalized spacial score (nSPS) is 25.5. The number of ether oxygens (including phenoxy) is 2. The molecule has 4 aliphatic rings. The Bertz CT molecular complexity index is 1020. The SMILES string of the molecule is CC(=O)N1c2ccc(S(=O)(=O)N3CCCC3)cc2CC1C(=O)N1CCC2(CC1)OCCO2. The van der Waals surface area contributed by atoms with E-state index >= 15 is 0 Å². The number of nitrogens with zero attached hydrogens (tertiary/aromatic N) is 3. The van der Waals surface area contributed by atoms with Gasteiger partial charge in [-0.15, -0.1) is 0 Å². The summed E-state index contributed by atoms with van der Waals surface area (Å²) in [5, 5.41) is 0. The van der Waals surface area contributed by atoms with Gasteiger partial charge in [0.2, 0.25) is 21.8 Å². The summed E-state index contributed by atoms with van der Waals surface area (Å²) in [5.74, 6) is -0.921. The maximum absolute atomic E-state index is 13.4. The molecule has 1 atom stereocenters. The minimum Gasteiger partial charge on any atom is -0.347 e. The van der Waals surface area contributed by atoms with Crippen LogP contribution in [0.3, 0.4) is 0 Å². The van der Waals surface area contributed by atoms with Crippen LogP contribution < -0.4 is 4.90 Å². The summed E-state index contributed by atoms with van der Waals surface area (Å²) in [7, 11) is -3.56. The van der Waals surface area contributed by atoms with Crippen molar-refractivity contribution < 1.29 is 27.5 Å². The van der Waals surface area contributed by atoms with Gasteiger partial charge in [-0.25, -0.2) is 8.42 Å². The summed E-state index contributed by atoms with van der Waals surface area (Å²) in [6, 6.07) is 4.19. The summed E-state index contributed by atoms with van der Waals surface area (Å²) >= 11 is 0. The van der Waals surface area contributed by atoms with Crippen molar-refractivity contribution in [3.05, 3.63) is 23.8 Å². The maximum Gasteiger partial charge on any atom is 0.246 e. The van der Waals surface area contributed by atoms with E-state index in [-0.39, 0.29) is 16.7 Å². The largest absolute Gasteiger partial charge is 0.347 e. The molecule has 4 heterocycles. The van der Waals surface area contributed by atoms with Crippen LogP contribution in [0.2, 0.25) is 0 Å². The van der Waals surface area contributed by atoms with Crippen LogP contribution in [0, 0.1) is 0 Å². The zero-order chi connectivity index (χ0) is 22.5. The Morgan fingerprint density at radius 1 is 1.03 bits per heavy atom. The van der Waals surface area contributed by atoms with E-state index in [4.69, 9.17) is 9.47 Å². The lowest BCUT2D eigenvalue weighted by Crippen LogP contribution is -2.54. The number of likely N-dealkylation sites (tertiary alicyclic amines) is 1.